The lowest BCUT2D eigenvalue weighted by atomic mass is 9.88. The average molecular weight is 292 g/mol. The minimum Gasteiger partial charge on any atom is -0.148 e. The Labute approximate surface area is 131 Å². The van der Waals surface area contributed by atoms with Crippen molar-refractivity contribution in [2.45, 2.75) is 25.7 Å². The van der Waals surface area contributed by atoms with Crippen molar-refractivity contribution in [3.63, 3.8) is 0 Å². The third kappa shape index (κ3) is 2.93. The molecular weight excluding hydrogens is 272 g/mol. The van der Waals surface area contributed by atoms with E-state index in [-0.39, 0.29) is 0 Å². The summed E-state index contributed by atoms with van der Waals surface area (Å²) in [6, 6.07) is 23.8. The highest BCUT2D eigenvalue weighted by atomic mass is 32.1. The van der Waals surface area contributed by atoms with E-state index >= 15 is 0 Å². The second-order valence-corrected chi connectivity index (χ2v) is 6.45. The van der Waals surface area contributed by atoms with Gasteiger partial charge < -0.3 is 0 Å². The minimum atomic E-state index is 0.443. The van der Waals surface area contributed by atoms with Gasteiger partial charge in [-0.15, -0.1) is 11.3 Å². The first kappa shape index (κ1) is 14.1. The maximum absolute atomic E-state index is 2.31. The molecule has 0 spiro atoms. The van der Waals surface area contributed by atoms with Crippen molar-refractivity contribution in [1.82, 2.24) is 0 Å². The first-order chi connectivity index (χ1) is 10.3. The van der Waals surface area contributed by atoms with Gasteiger partial charge in [0.25, 0.3) is 0 Å². The van der Waals surface area contributed by atoms with Crippen LogP contribution in [0.5, 0.6) is 0 Å². The normalized spacial score (nSPS) is 13.8. The molecule has 0 bridgehead atoms. The lowest BCUT2D eigenvalue weighted by molar-refractivity contribution is 0.865. The Morgan fingerprint density at radius 2 is 1.19 bits per heavy atom. The zero-order chi connectivity index (χ0) is 14.7. The number of benzene rings is 2. The van der Waals surface area contributed by atoms with Crippen LogP contribution in [0.25, 0.3) is 0 Å². The van der Waals surface area contributed by atoms with Crippen LogP contribution in [0.15, 0.2) is 72.1 Å². The Morgan fingerprint density at radius 1 is 0.667 bits per heavy atom. The molecule has 0 aliphatic carbocycles. The van der Waals surface area contributed by atoms with E-state index < -0.39 is 0 Å². The van der Waals surface area contributed by atoms with E-state index in [0.29, 0.717) is 11.8 Å². The summed E-state index contributed by atoms with van der Waals surface area (Å²) in [6.07, 6.45) is 0. The molecule has 2 unspecified atom stereocenters. The largest absolute Gasteiger partial charge is 0.148 e. The zero-order valence-electron chi connectivity index (χ0n) is 12.5. The topological polar surface area (TPSA) is 0 Å². The zero-order valence-corrected chi connectivity index (χ0v) is 13.3. The smallest absolute Gasteiger partial charge is 0.0158 e. The number of thiophene rings is 1. The third-order valence-electron chi connectivity index (χ3n) is 4.19. The summed E-state index contributed by atoms with van der Waals surface area (Å²) in [7, 11) is 0. The van der Waals surface area contributed by atoms with E-state index in [1.54, 1.807) is 0 Å². The van der Waals surface area contributed by atoms with Gasteiger partial charge in [0.1, 0.15) is 0 Å². The van der Waals surface area contributed by atoms with E-state index in [0.717, 1.165) is 0 Å². The summed E-state index contributed by atoms with van der Waals surface area (Å²) >= 11 is 1.88. The predicted molar refractivity (Wildman–Crippen MR) is 92.2 cm³/mol. The van der Waals surface area contributed by atoms with Crippen molar-refractivity contribution in [2.24, 2.45) is 0 Å². The fraction of sp³-hybridized carbons (Fsp3) is 0.200. The van der Waals surface area contributed by atoms with Crippen LogP contribution in [0.2, 0.25) is 0 Å². The Hall–Kier alpha value is -1.86. The van der Waals surface area contributed by atoms with Crippen LogP contribution in [-0.2, 0) is 0 Å². The van der Waals surface area contributed by atoms with Gasteiger partial charge in [0.15, 0.2) is 0 Å². The first-order valence-electron chi connectivity index (χ1n) is 7.44. The molecule has 0 aliphatic rings. The van der Waals surface area contributed by atoms with Crippen molar-refractivity contribution in [1.29, 1.82) is 0 Å². The summed E-state index contributed by atoms with van der Waals surface area (Å²) in [6.45, 7) is 4.61. The summed E-state index contributed by atoms with van der Waals surface area (Å²) in [5.74, 6) is 0.894. The van der Waals surface area contributed by atoms with Gasteiger partial charge in [-0.25, -0.2) is 0 Å². The summed E-state index contributed by atoms with van der Waals surface area (Å²) in [4.78, 5) is 1.48. The van der Waals surface area contributed by atoms with Gasteiger partial charge in [-0.2, -0.15) is 0 Å². The maximum atomic E-state index is 2.31. The van der Waals surface area contributed by atoms with E-state index in [1.165, 1.54) is 21.6 Å². The molecule has 0 saturated heterocycles. The molecular formula is C20H20S. The van der Waals surface area contributed by atoms with Gasteiger partial charge in [-0.3, -0.25) is 0 Å². The van der Waals surface area contributed by atoms with Crippen molar-refractivity contribution in [3.05, 3.63) is 93.7 Å². The second-order valence-electron chi connectivity index (χ2n) is 5.50. The van der Waals surface area contributed by atoms with Gasteiger partial charge in [0, 0.05) is 16.7 Å². The standard InChI is InChI=1S/C20H20S/c1-15(17-9-5-3-6-10-17)19-13-14-21-20(19)16(2)18-11-7-4-8-12-18/h3-16H,1-2H3. The fourth-order valence-corrected chi connectivity index (χ4v) is 3.94. The van der Waals surface area contributed by atoms with Gasteiger partial charge in [-0.05, 0) is 28.1 Å². The van der Waals surface area contributed by atoms with Gasteiger partial charge in [0.2, 0.25) is 0 Å². The molecule has 2 aromatic carbocycles. The van der Waals surface area contributed by atoms with E-state index in [1.807, 2.05) is 11.3 Å². The van der Waals surface area contributed by atoms with Gasteiger partial charge in [0.05, 0.1) is 0 Å². The Balaban J connectivity index is 1.94. The number of hydrogen-bond acceptors (Lipinski definition) is 1. The second kappa shape index (κ2) is 6.28. The quantitative estimate of drug-likeness (QED) is 0.549. The van der Waals surface area contributed by atoms with Gasteiger partial charge in [-0.1, -0.05) is 74.5 Å². The highest BCUT2D eigenvalue weighted by molar-refractivity contribution is 7.10. The molecule has 0 fully saturated rings. The number of rotatable bonds is 4. The molecule has 2 atom stereocenters. The summed E-state index contributed by atoms with van der Waals surface area (Å²) < 4.78 is 0. The molecule has 21 heavy (non-hydrogen) atoms. The Morgan fingerprint density at radius 3 is 1.76 bits per heavy atom. The fourth-order valence-electron chi connectivity index (χ4n) is 2.85. The highest BCUT2D eigenvalue weighted by Crippen LogP contribution is 2.37. The number of hydrogen-bond donors (Lipinski definition) is 0. The molecule has 1 heteroatoms. The van der Waals surface area contributed by atoms with E-state index in [4.69, 9.17) is 0 Å². The van der Waals surface area contributed by atoms with Crippen LogP contribution in [0.1, 0.15) is 47.3 Å². The first-order valence-corrected chi connectivity index (χ1v) is 8.32. The predicted octanol–water partition coefficient (Wildman–Crippen LogP) is 6.05. The van der Waals surface area contributed by atoms with Crippen LogP contribution < -0.4 is 0 Å². The van der Waals surface area contributed by atoms with E-state index in [9.17, 15) is 0 Å². The molecule has 1 aromatic heterocycles. The molecule has 0 radical (unpaired) electrons. The summed E-state index contributed by atoms with van der Waals surface area (Å²) in [5, 5.41) is 2.23. The van der Waals surface area contributed by atoms with Crippen LogP contribution in [0.3, 0.4) is 0 Å². The molecule has 1 heterocycles. The van der Waals surface area contributed by atoms with Gasteiger partial charge >= 0.3 is 0 Å². The Kier molecular flexibility index (Phi) is 4.21. The van der Waals surface area contributed by atoms with Crippen molar-refractivity contribution < 1.29 is 0 Å². The molecule has 3 aromatic rings. The SMILES string of the molecule is CC(c1ccccc1)c1ccsc1C(C)c1ccccc1. The molecule has 106 valence electrons. The molecule has 0 nitrogen and oxygen atoms in total. The molecule has 0 N–H and O–H groups in total. The monoisotopic (exact) mass is 292 g/mol. The maximum Gasteiger partial charge on any atom is 0.0158 e. The molecule has 0 aliphatic heterocycles. The lowest BCUT2D eigenvalue weighted by Gasteiger charge is -2.17. The molecule has 0 saturated carbocycles. The van der Waals surface area contributed by atoms with Crippen LogP contribution >= 0.6 is 11.3 Å². The molecule has 3 rings (SSSR count). The van der Waals surface area contributed by atoms with Crippen molar-refractivity contribution >= 4 is 11.3 Å². The molecule has 0 amide bonds. The Bertz CT molecular complexity index is 622. The van der Waals surface area contributed by atoms with Crippen LogP contribution in [0, 0.1) is 0 Å². The van der Waals surface area contributed by atoms with Crippen LogP contribution in [0.4, 0.5) is 0 Å². The highest BCUT2D eigenvalue weighted by Gasteiger charge is 2.19. The van der Waals surface area contributed by atoms with E-state index in [2.05, 4.69) is 86.0 Å². The van der Waals surface area contributed by atoms with Crippen molar-refractivity contribution in [3.8, 4) is 0 Å². The minimum absolute atomic E-state index is 0.443. The summed E-state index contributed by atoms with van der Waals surface area (Å²) in [5.41, 5.74) is 4.24. The van der Waals surface area contributed by atoms with Crippen LogP contribution in [-0.4, -0.2) is 0 Å². The average Bonchev–Trinajstić information content (AvgIpc) is 3.04. The third-order valence-corrected chi connectivity index (χ3v) is 5.30. The van der Waals surface area contributed by atoms with Crippen molar-refractivity contribution in [2.75, 3.05) is 0 Å². The lowest BCUT2D eigenvalue weighted by Crippen LogP contribution is -2.01.